The zero-order valence-electron chi connectivity index (χ0n) is 22.4. The van der Waals surface area contributed by atoms with Crippen LogP contribution in [0.25, 0.3) is 22.5 Å². The van der Waals surface area contributed by atoms with E-state index in [4.69, 9.17) is 9.26 Å². The van der Waals surface area contributed by atoms with Gasteiger partial charge in [-0.15, -0.1) is 0 Å². The molecule has 3 aromatic carbocycles. The van der Waals surface area contributed by atoms with Gasteiger partial charge in [0.25, 0.3) is 5.91 Å². The molecule has 0 aliphatic carbocycles. The van der Waals surface area contributed by atoms with Crippen molar-refractivity contribution in [1.29, 1.82) is 0 Å². The molecule has 4 aromatic rings. The molecule has 4 N–H and O–H groups in total. The third kappa shape index (κ3) is 6.16. The van der Waals surface area contributed by atoms with E-state index in [0.29, 0.717) is 41.6 Å². The number of quaternary nitrogens is 1. The van der Waals surface area contributed by atoms with Gasteiger partial charge in [0.2, 0.25) is 0 Å². The fraction of sp³-hybridized carbons (Fsp3) is 0.290. The number of aryl methyl sites for hydroxylation is 2. The quantitative estimate of drug-likeness (QED) is 0.256. The Balaban J connectivity index is 1.49. The van der Waals surface area contributed by atoms with Crippen LogP contribution < -0.4 is 10.2 Å². The number of phenolic OH excluding ortho intramolecular Hbond substituents is 2. The highest BCUT2D eigenvalue weighted by Gasteiger charge is 2.27. The summed E-state index contributed by atoms with van der Waals surface area (Å²) in [5.74, 6) is -0.789. The number of hydrogen-bond acceptors (Lipinski definition) is 6. The standard InChI is InChI=1S/C31H32FN3O5/c1-2-33-31(38)29-28(22-9-7-21(8-10-22)19-35-12-14-39-15-13-35)30(40-34-29)25-17-23(26(36)18-27(25)37)11-6-20-4-3-5-24(32)16-20/h3-5,7-10,16-18,36-37H,2,6,11-15,19H2,1H3,(H,33,38)/p+1. The van der Waals surface area contributed by atoms with Gasteiger partial charge in [0, 0.05) is 18.2 Å². The predicted molar refractivity (Wildman–Crippen MR) is 148 cm³/mol. The number of amides is 1. The molecule has 40 heavy (non-hydrogen) atoms. The van der Waals surface area contributed by atoms with Crippen molar-refractivity contribution < 1.29 is 33.6 Å². The molecule has 5 rings (SSSR count). The first-order valence-corrected chi connectivity index (χ1v) is 13.5. The summed E-state index contributed by atoms with van der Waals surface area (Å²) < 4.78 is 24.8. The number of nitrogens with zero attached hydrogens (tertiary/aromatic N) is 1. The van der Waals surface area contributed by atoms with Crippen LogP contribution in [0.1, 0.15) is 34.1 Å². The van der Waals surface area contributed by atoms with E-state index in [1.165, 1.54) is 23.1 Å². The monoisotopic (exact) mass is 546 g/mol. The minimum atomic E-state index is -0.390. The Morgan fingerprint density at radius 3 is 2.50 bits per heavy atom. The molecule has 9 heteroatoms. The topological polar surface area (TPSA) is 109 Å². The van der Waals surface area contributed by atoms with Crippen LogP contribution >= 0.6 is 0 Å². The molecular formula is C31H33FN3O5+. The molecule has 0 radical (unpaired) electrons. The second kappa shape index (κ2) is 12.3. The lowest BCUT2D eigenvalue weighted by Crippen LogP contribution is -3.12. The first kappa shape index (κ1) is 27.4. The average molecular weight is 547 g/mol. The van der Waals surface area contributed by atoms with Crippen LogP contribution in [0, 0.1) is 5.82 Å². The zero-order valence-corrected chi connectivity index (χ0v) is 22.4. The fourth-order valence-corrected chi connectivity index (χ4v) is 5.03. The van der Waals surface area contributed by atoms with E-state index in [1.54, 1.807) is 12.1 Å². The van der Waals surface area contributed by atoms with Crippen molar-refractivity contribution in [3.8, 4) is 33.9 Å². The highest BCUT2D eigenvalue weighted by Crippen LogP contribution is 2.42. The van der Waals surface area contributed by atoms with Gasteiger partial charge in [0.05, 0.1) is 24.3 Å². The van der Waals surface area contributed by atoms with Crippen molar-refractivity contribution >= 4 is 5.91 Å². The molecule has 1 amide bonds. The number of phenols is 2. The van der Waals surface area contributed by atoms with Crippen molar-refractivity contribution in [1.82, 2.24) is 10.5 Å². The summed E-state index contributed by atoms with van der Waals surface area (Å²) in [7, 11) is 0. The average Bonchev–Trinajstić information content (AvgIpc) is 3.39. The number of benzene rings is 3. The minimum Gasteiger partial charge on any atom is -0.508 e. The fourth-order valence-electron chi connectivity index (χ4n) is 5.03. The van der Waals surface area contributed by atoms with Crippen molar-refractivity contribution in [2.75, 3.05) is 32.8 Å². The number of carbonyl (C=O) groups excluding carboxylic acids is 1. The summed E-state index contributed by atoms with van der Waals surface area (Å²) >= 11 is 0. The summed E-state index contributed by atoms with van der Waals surface area (Å²) in [6.45, 7) is 6.54. The van der Waals surface area contributed by atoms with Gasteiger partial charge < -0.3 is 29.7 Å². The second-order valence-corrected chi connectivity index (χ2v) is 9.96. The lowest BCUT2D eigenvalue weighted by Gasteiger charge is -2.23. The summed E-state index contributed by atoms with van der Waals surface area (Å²) in [4.78, 5) is 14.4. The highest BCUT2D eigenvalue weighted by atomic mass is 19.1. The zero-order chi connectivity index (χ0) is 28.1. The Kier molecular flexibility index (Phi) is 8.42. The van der Waals surface area contributed by atoms with E-state index in [2.05, 4.69) is 10.5 Å². The Hall–Kier alpha value is -4.21. The highest BCUT2D eigenvalue weighted by molar-refractivity contribution is 6.02. The van der Waals surface area contributed by atoms with Crippen molar-refractivity contribution in [3.05, 3.63) is 88.9 Å². The van der Waals surface area contributed by atoms with Gasteiger partial charge in [-0.1, -0.05) is 41.6 Å². The number of hydrogen-bond donors (Lipinski definition) is 4. The predicted octanol–water partition coefficient (Wildman–Crippen LogP) is 3.51. The maximum atomic E-state index is 13.6. The SMILES string of the molecule is CCNC(=O)c1noc(-c2cc(CCc3cccc(F)c3)c(O)cc2O)c1-c1ccc(C[NH+]2CCOCC2)cc1. The Morgan fingerprint density at radius 1 is 1.00 bits per heavy atom. The third-order valence-corrected chi connectivity index (χ3v) is 7.15. The maximum absolute atomic E-state index is 13.6. The maximum Gasteiger partial charge on any atom is 0.274 e. The van der Waals surface area contributed by atoms with Crippen molar-refractivity contribution in [2.45, 2.75) is 26.3 Å². The molecule has 0 spiro atoms. The van der Waals surface area contributed by atoms with E-state index < -0.39 is 0 Å². The molecule has 0 unspecified atom stereocenters. The van der Waals surface area contributed by atoms with Crippen LogP contribution in [0.2, 0.25) is 0 Å². The van der Waals surface area contributed by atoms with Gasteiger partial charge in [-0.05, 0) is 54.7 Å². The normalized spacial score (nSPS) is 13.8. The molecule has 1 fully saturated rings. The van der Waals surface area contributed by atoms with Crippen molar-refractivity contribution in [2.24, 2.45) is 0 Å². The van der Waals surface area contributed by atoms with Gasteiger partial charge in [0.1, 0.15) is 37.0 Å². The minimum absolute atomic E-state index is 0.0855. The number of nitrogens with one attached hydrogen (secondary N) is 2. The van der Waals surface area contributed by atoms with E-state index in [9.17, 15) is 19.4 Å². The van der Waals surface area contributed by atoms with E-state index in [1.807, 2.05) is 37.3 Å². The molecule has 208 valence electrons. The Labute approximate surface area is 232 Å². The number of halogens is 1. The van der Waals surface area contributed by atoms with Crippen LogP contribution in [-0.4, -0.2) is 54.1 Å². The molecule has 0 saturated carbocycles. The van der Waals surface area contributed by atoms with Gasteiger partial charge in [0.15, 0.2) is 11.5 Å². The molecule has 2 heterocycles. The van der Waals surface area contributed by atoms with Gasteiger partial charge >= 0.3 is 0 Å². The molecule has 8 nitrogen and oxygen atoms in total. The molecule has 0 atom stereocenters. The molecule has 1 aromatic heterocycles. The number of morpholine rings is 1. The summed E-state index contributed by atoms with van der Waals surface area (Å²) in [6, 6.07) is 17.1. The number of carbonyl (C=O) groups is 1. The van der Waals surface area contributed by atoms with Crippen molar-refractivity contribution in [3.63, 3.8) is 0 Å². The van der Waals surface area contributed by atoms with E-state index in [-0.39, 0.29) is 34.7 Å². The first-order valence-electron chi connectivity index (χ1n) is 13.5. The second-order valence-electron chi connectivity index (χ2n) is 9.96. The molecule has 1 aliphatic rings. The van der Waals surface area contributed by atoms with Crippen LogP contribution in [0.3, 0.4) is 0 Å². The lowest BCUT2D eigenvalue weighted by molar-refractivity contribution is -0.921. The smallest absolute Gasteiger partial charge is 0.274 e. The van der Waals surface area contributed by atoms with Crippen LogP contribution in [0.15, 0.2) is 65.2 Å². The van der Waals surface area contributed by atoms with Gasteiger partial charge in [-0.25, -0.2) is 4.39 Å². The largest absolute Gasteiger partial charge is 0.508 e. The summed E-state index contributed by atoms with van der Waals surface area (Å²) in [5.41, 5.74) is 4.06. The third-order valence-electron chi connectivity index (χ3n) is 7.15. The van der Waals surface area contributed by atoms with Crippen LogP contribution in [0.5, 0.6) is 11.5 Å². The summed E-state index contributed by atoms with van der Waals surface area (Å²) in [6.07, 6.45) is 0.878. The van der Waals surface area contributed by atoms with E-state index >= 15 is 0 Å². The van der Waals surface area contributed by atoms with E-state index in [0.717, 1.165) is 44.0 Å². The number of ether oxygens (including phenoxy) is 1. The molecule has 1 aliphatic heterocycles. The Bertz CT molecular complexity index is 1480. The number of aromatic nitrogens is 1. The molecule has 0 bridgehead atoms. The first-order chi connectivity index (χ1) is 19.4. The van der Waals surface area contributed by atoms with Crippen LogP contribution in [-0.2, 0) is 24.1 Å². The molecular weight excluding hydrogens is 513 g/mol. The van der Waals surface area contributed by atoms with Crippen LogP contribution in [0.4, 0.5) is 4.39 Å². The lowest BCUT2D eigenvalue weighted by atomic mass is 9.95. The summed E-state index contributed by atoms with van der Waals surface area (Å²) in [5, 5.41) is 28.2. The van der Waals surface area contributed by atoms with Gasteiger partial charge in [-0.3, -0.25) is 4.79 Å². The molecule has 1 saturated heterocycles. The number of rotatable bonds is 9. The Morgan fingerprint density at radius 2 is 1.77 bits per heavy atom. The van der Waals surface area contributed by atoms with Gasteiger partial charge in [-0.2, -0.15) is 0 Å². The number of aromatic hydroxyl groups is 2.